The Balaban J connectivity index is 2.21. The first-order valence-corrected chi connectivity index (χ1v) is 6.73. The van der Waals surface area contributed by atoms with Crippen LogP contribution in [0.4, 0.5) is 0 Å². The number of aliphatic hydroxyl groups is 1. The third-order valence-corrected chi connectivity index (χ3v) is 3.34. The Morgan fingerprint density at radius 2 is 2.05 bits per heavy atom. The lowest BCUT2D eigenvalue weighted by Crippen LogP contribution is -2.07. The van der Waals surface area contributed by atoms with Crippen LogP contribution >= 0.6 is 0 Å². The van der Waals surface area contributed by atoms with Gasteiger partial charge in [-0.1, -0.05) is 0 Å². The molecule has 6 heteroatoms. The standard InChI is InChI=1S/C14H22N4O2/c1-9(2)18-7-6-11(16-18)8-12(19)13-10(3)15-17(4)14(13)20-5/h6-7,9,12,19H,8H2,1-5H3. The maximum atomic E-state index is 10.4. The fraction of sp³-hybridized carbons (Fsp3) is 0.571. The quantitative estimate of drug-likeness (QED) is 0.905. The molecule has 0 aliphatic heterocycles. The van der Waals surface area contributed by atoms with Gasteiger partial charge in [0.05, 0.1) is 30.2 Å². The van der Waals surface area contributed by atoms with Crippen molar-refractivity contribution >= 4 is 0 Å². The van der Waals surface area contributed by atoms with E-state index in [-0.39, 0.29) is 0 Å². The molecule has 6 nitrogen and oxygen atoms in total. The van der Waals surface area contributed by atoms with Crippen molar-refractivity contribution in [1.82, 2.24) is 19.6 Å². The molecule has 2 aromatic heterocycles. The zero-order valence-electron chi connectivity index (χ0n) is 12.7. The van der Waals surface area contributed by atoms with E-state index in [1.807, 2.05) is 23.9 Å². The molecule has 0 aliphatic carbocycles. The van der Waals surface area contributed by atoms with Gasteiger partial charge in [0.15, 0.2) is 0 Å². The molecule has 0 spiro atoms. The summed E-state index contributed by atoms with van der Waals surface area (Å²) >= 11 is 0. The first-order valence-electron chi connectivity index (χ1n) is 6.73. The van der Waals surface area contributed by atoms with Crippen molar-refractivity contribution in [1.29, 1.82) is 0 Å². The molecule has 0 radical (unpaired) electrons. The normalized spacial score (nSPS) is 12.9. The lowest BCUT2D eigenvalue weighted by Gasteiger charge is -2.11. The summed E-state index contributed by atoms with van der Waals surface area (Å²) in [5.41, 5.74) is 2.37. The molecule has 0 bridgehead atoms. The lowest BCUT2D eigenvalue weighted by molar-refractivity contribution is 0.171. The summed E-state index contributed by atoms with van der Waals surface area (Å²) in [7, 11) is 3.38. The molecule has 1 atom stereocenters. The molecular formula is C14H22N4O2. The maximum Gasteiger partial charge on any atom is 0.217 e. The van der Waals surface area contributed by atoms with Crippen LogP contribution in [-0.4, -0.2) is 31.8 Å². The van der Waals surface area contributed by atoms with Gasteiger partial charge in [0.2, 0.25) is 5.88 Å². The Labute approximate surface area is 119 Å². The number of aromatic nitrogens is 4. The van der Waals surface area contributed by atoms with Crippen LogP contribution in [0.5, 0.6) is 5.88 Å². The molecule has 20 heavy (non-hydrogen) atoms. The van der Waals surface area contributed by atoms with Crippen LogP contribution in [0.1, 0.15) is 42.9 Å². The Morgan fingerprint density at radius 3 is 2.60 bits per heavy atom. The van der Waals surface area contributed by atoms with Gasteiger partial charge in [-0.2, -0.15) is 10.2 Å². The van der Waals surface area contributed by atoms with E-state index in [1.54, 1.807) is 18.8 Å². The molecule has 1 unspecified atom stereocenters. The summed E-state index contributed by atoms with van der Waals surface area (Å²) in [6.45, 7) is 6.01. The van der Waals surface area contributed by atoms with Crippen molar-refractivity contribution in [3.05, 3.63) is 29.2 Å². The van der Waals surface area contributed by atoms with E-state index in [0.717, 1.165) is 17.0 Å². The van der Waals surface area contributed by atoms with Gasteiger partial charge in [0.25, 0.3) is 0 Å². The number of hydrogen-bond acceptors (Lipinski definition) is 4. The van der Waals surface area contributed by atoms with E-state index in [4.69, 9.17) is 4.74 Å². The molecule has 1 N–H and O–H groups in total. The van der Waals surface area contributed by atoms with E-state index in [0.29, 0.717) is 18.3 Å². The van der Waals surface area contributed by atoms with Crippen molar-refractivity contribution in [3.63, 3.8) is 0 Å². The van der Waals surface area contributed by atoms with Crippen LogP contribution in [0.3, 0.4) is 0 Å². The van der Waals surface area contributed by atoms with Crippen molar-refractivity contribution in [2.75, 3.05) is 7.11 Å². The number of hydrogen-bond donors (Lipinski definition) is 1. The molecule has 0 saturated carbocycles. The highest BCUT2D eigenvalue weighted by molar-refractivity contribution is 5.33. The molecule has 2 rings (SSSR count). The molecule has 0 aromatic carbocycles. The average Bonchev–Trinajstić information content (AvgIpc) is 2.93. The summed E-state index contributed by atoms with van der Waals surface area (Å²) in [5, 5.41) is 19.2. The summed E-state index contributed by atoms with van der Waals surface area (Å²) in [6.07, 6.45) is 1.71. The number of aryl methyl sites for hydroxylation is 2. The molecule has 0 saturated heterocycles. The van der Waals surface area contributed by atoms with Gasteiger partial charge in [-0.15, -0.1) is 0 Å². The average molecular weight is 278 g/mol. The number of aliphatic hydroxyl groups excluding tert-OH is 1. The number of rotatable bonds is 5. The molecule has 2 heterocycles. The first-order chi connectivity index (χ1) is 9.43. The van der Waals surface area contributed by atoms with E-state index in [1.165, 1.54) is 0 Å². The van der Waals surface area contributed by atoms with E-state index in [9.17, 15) is 5.11 Å². The third kappa shape index (κ3) is 2.70. The number of nitrogens with zero attached hydrogens (tertiary/aromatic N) is 4. The van der Waals surface area contributed by atoms with Gasteiger partial charge in [-0.25, -0.2) is 4.68 Å². The minimum absolute atomic E-state index is 0.315. The Bertz CT molecular complexity index is 586. The van der Waals surface area contributed by atoms with Crippen molar-refractivity contribution in [2.45, 2.75) is 39.3 Å². The summed E-state index contributed by atoms with van der Waals surface area (Å²) in [4.78, 5) is 0. The smallest absolute Gasteiger partial charge is 0.217 e. The fourth-order valence-electron chi connectivity index (χ4n) is 2.35. The molecule has 0 aliphatic rings. The highest BCUT2D eigenvalue weighted by Crippen LogP contribution is 2.29. The SMILES string of the molecule is COc1c(C(O)Cc2ccn(C(C)C)n2)c(C)nn1C. The van der Waals surface area contributed by atoms with Crippen LogP contribution in [-0.2, 0) is 13.5 Å². The van der Waals surface area contributed by atoms with E-state index in [2.05, 4.69) is 24.0 Å². The lowest BCUT2D eigenvalue weighted by atomic mass is 10.1. The van der Waals surface area contributed by atoms with Crippen molar-refractivity contribution < 1.29 is 9.84 Å². The van der Waals surface area contributed by atoms with Crippen LogP contribution in [0.25, 0.3) is 0 Å². The largest absolute Gasteiger partial charge is 0.481 e. The van der Waals surface area contributed by atoms with Crippen LogP contribution < -0.4 is 4.74 Å². The van der Waals surface area contributed by atoms with E-state index < -0.39 is 6.10 Å². The van der Waals surface area contributed by atoms with Crippen molar-refractivity contribution in [3.8, 4) is 5.88 Å². The van der Waals surface area contributed by atoms with Gasteiger partial charge in [-0.3, -0.25) is 4.68 Å². The molecular weight excluding hydrogens is 256 g/mol. The van der Waals surface area contributed by atoms with E-state index >= 15 is 0 Å². The van der Waals surface area contributed by atoms with Crippen molar-refractivity contribution in [2.24, 2.45) is 7.05 Å². The second kappa shape index (κ2) is 5.66. The molecule has 0 amide bonds. The van der Waals surface area contributed by atoms with Crippen LogP contribution in [0.15, 0.2) is 12.3 Å². The predicted molar refractivity (Wildman–Crippen MR) is 75.8 cm³/mol. The third-order valence-electron chi connectivity index (χ3n) is 3.34. The Morgan fingerprint density at radius 1 is 1.35 bits per heavy atom. The van der Waals surface area contributed by atoms with Gasteiger partial charge >= 0.3 is 0 Å². The minimum atomic E-state index is -0.672. The Hall–Kier alpha value is -1.82. The second-order valence-electron chi connectivity index (χ2n) is 5.23. The predicted octanol–water partition coefficient (Wildman–Crippen LogP) is 1.79. The highest BCUT2D eigenvalue weighted by Gasteiger charge is 2.22. The summed E-state index contributed by atoms with van der Waals surface area (Å²) in [5.74, 6) is 0.596. The summed E-state index contributed by atoms with van der Waals surface area (Å²) < 4.78 is 8.84. The highest BCUT2D eigenvalue weighted by atomic mass is 16.5. The summed E-state index contributed by atoms with van der Waals surface area (Å²) in [6, 6.07) is 2.25. The number of ether oxygens (including phenoxy) is 1. The zero-order chi connectivity index (χ0) is 14.9. The monoisotopic (exact) mass is 278 g/mol. The number of methoxy groups -OCH3 is 1. The van der Waals surface area contributed by atoms with Gasteiger partial charge < -0.3 is 9.84 Å². The topological polar surface area (TPSA) is 65.1 Å². The first kappa shape index (κ1) is 14.6. The van der Waals surface area contributed by atoms with Gasteiger partial charge in [-0.05, 0) is 26.8 Å². The van der Waals surface area contributed by atoms with Gasteiger partial charge in [0, 0.05) is 25.7 Å². The van der Waals surface area contributed by atoms with Crippen LogP contribution in [0, 0.1) is 6.92 Å². The Kier molecular flexibility index (Phi) is 4.13. The maximum absolute atomic E-state index is 10.4. The fourth-order valence-corrected chi connectivity index (χ4v) is 2.35. The van der Waals surface area contributed by atoms with Crippen LogP contribution in [0.2, 0.25) is 0 Å². The second-order valence-corrected chi connectivity index (χ2v) is 5.23. The molecule has 2 aromatic rings. The molecule has 0 fully saturated rings. The molecule has 110 valence electrons. The minimum Gasteiger partial charge on any atom is -0.481 e. The van der Waals surface area contributed by atoms with Gasteiger partial charge in [0.1, 0.15) is 0 Å². The zero-order valence-corrected chi connectivity index (χ0v) is 12.7.